The summed E-state index contributed by atoms with van der Waals surface area (Å²) >= 11 is 0. The van der Waals surface area contributed by atoms with Crippen LogP contribution in [0.15, 0.2) is 0 Å². The molecule has 0 unspecified atom stereocenters. The maximum Gasteiger partial charge on any atom is 0.224 e. The highest BCUT2D eigenvalue weighted by atomic mass is 16.5. The van der Waals surface area contributed by atoms with Crippen LogP contribution in [-0.2, 0) is 14.3 Å². The smallest absolute Gasteiger partial charge is 0.224 e. The van der Waals surface area contributed by atoms with E-state index in [0.717, 1.165) is 19.5 Å². The van der Waals surface area contributed by atoms with Crippen LogP contribution in [0.25, 0.3) is 0 Å². The molecule has 19 heavy (non-hydrogen) atoms. The van der Waals surface area contributed by atoms with Gasteiger partial charge >= 0.3 is 0 Å². The first-order valence-corrected chi connectivity index (χ1v) is 7.02. The molecule has 5 heteroatoms. The Morgan fingerprint density at radius 2 is 2.16 bits per heavy atom. The summed E-state index contributed by atoms with van der Waals surface area (Å²) in [4.78, 5) is 16.0. The third kappa shape index (κ3) is 5.47. The van der Waals surface area contributed by atoms with Crippen molar-refractivity contribution < 1.29 is 14.3 Å². The second kappa shape index (κ2) is 7.82. The van der Waals surface area contributed by atoms with Crippen LogP contribution in [0, 0.1) is 0 Å². The van der Waals surface area contributed by atoms with Gasteiger partial charge in [0.25, 0.3) is 0 Å². The molecule has 0 N–H and O–H groups in total. The Morgan fingerprint density at radius 1 is 1.47 bits per heavy atom. The lowest BCUT2D eigenvalue weighted by Crippen LogP contribution is -2.39. The lowest BCUT2D eigenvalue weighted by atomic mass is 10.2. The molecule has 1 saturated heterocycles. The van der Waals surface area contributed by atoms with Gasteiger partial charge in [0.15, 0.2) is 0 Å². The number of carbonyl (C=O) groups is 1. The molecule has 0 aliphatic carbocycles. The van der Waals surface area contributed by atoms with Gasteiger partial charge in [-0.15, -0.1) is 0 Å². The number of methoxy groups -OCH3 is 1. The molecule has 0 bridgehead atoms. The van der Waals surface area contributed by atoms with Gasteiger partial charge in [0.1, 0.15) is 0 Å². The van der Waals surface area contributed by atoms with Crippen LogP contribution in [0.2, 0.25) is 0 Å². The minimum Gasteiger partial charge on any atom is -0.380 e. The Morgan fingerprint density at radius 3 is 2.68 bits per heavy atom. The van der Waals surface area contributed by atoms with Gasteiger partial charge < -0.3 is 14.4 Å². The zero-order valence-corrected chi connectivity index (χ0v) is 12.9. The Labute approximate surface area is 116 Å². The third-order valence-corrected chi connectivity index (χ3v) is 3.66. The summed E-state index contributed by atoms with van der Waals surface area (Å²) < 4.78 is 10.8. The zero-order chi connectivity index (χ0) is 14.4. The summed E-state index contributed by atoms with van der Waals surface area (Å²) in [5.41, 5.74) is 0. The number of nitrogens with zero attached hydrogens (tertiary/aromatic N) is 2. The fourth-order valence-corrected chi connectivity index (χ4v) is 2.40. The third-order valence-electron chi connectivity index (χ3n) is 3.66. The average molecular weight is 272 g/mol. The summed E-state index contributed by atoms with van der Waals surface area (Å²) in [5, 5.41) is 0. The zero-order valence-electron chi connectivity index (χ0n) is 12.9. The normalized spacial score (nSPS) is 24.1. The van der Waals surface area contributed by atoms with Gasteiger partial charge in [0.2, 0.25) is 5.91 Å². The summed E-state index contributed by atoms with van der Waals surface area (Å²) in [6.45, 7) is 6.16. The molecule has 0 spiro atoms. The van der Waals surface area contributed by atoms with Crippen LogP contribution < -0.4 is 0 Å². The molecule has 1 aliphatic heterocycles. The Kier molecular flexibility index (Phi) is 6.75. The molecule has 0 saturated carbocycles. The van der Waals surface area contributed by atoms with Crippen molar-refractivity contribution in [1.29, 1.82) is 0 Å². The topological polar surface area (TPSA) is 42.0 Å². The van der Waals surface area contributed by atoms with Gasteiger partial charge in [-0.1, -0.05) is 0 Å². The molecule has 2 atom stereocenters. The molecular formula is C14H28N2O3. The maximum atomic E-state index is 12.0. The number of hydrogen-bond donors (Lipinski definition) is 0. The van der Waals surface area contributed by atoms with Gasteiger partial charge in [-0.05, 0) is 27.3 Å². The van der Waals surface area contributed by atoms with E-state index in [1.54, 1.807) is 7.11 Å². The number of likely N-dealkylation sites (N-methyl/N-ethyl adjacent to an activating group) is 2. The highest BCUT2D eigenvalue weighted by Crippen LogP contribution is 2.18. The predicted molar refractivity (Wildman–Crippen MR) is 75.2 cm³/mol. The summed E-state index contributed by atoms with van der Waals surface area (Å²) in [6.07, 6.45) is 1.93. The van der Waals surface area contributed by atoms with E-state index >= 15 is 0 Å². The van der Waals surface area contributed by atoms with Crippen LogP contribution >= 0.6 is 0 Å². The highest BCUT2D eigenvalue weighted by Gasteiger charge is 2.30. The Bertz CT molecular complexity index is 284. The molecule has 0 aromatic rings. The van der Waals surface area contributed by atoms with Crippen LogP contribution in [0.1, 0.15) is 26.7 Å². The minimum atomic E-state index is 0.148. The van der Waals surface area contributed by atoms with Crippen molar-refractivity contribution in [2.24, 2.45) is 0 Å². The molecule has 1 aliphatic rings. The highest BCUT2D eigenvalue weighted by molar-refractivity contribution is 5.76. The second-order valence-corrected chi connectivity index (χ2v) is 5.63. The number of hydrogen-bond acceptors (Lipinski definition) is 4. The molecular weight excluding hydrogens is 244 g/mol. The number of likely N-dealkylation sites (tertiary alicyclic amines) is 1. The van der Waals surface area contributed by atoms with Gasteiger partial charge in [0, 0.05) is 33.3 Å². The molecule has 1 fully saturated rings. The van der Waals surface area contributed by atoms with E-state index in [0.29, 0.717) is 25.2 Å². The van der Waals surface area contributed by atoms with Crippen molar-refractivity contribution in [3.05, 3.63) is 0 Å². The quantitative estimate of drug-likeness (QED) is 0.693. The van der Waals surface area contributed by atoms with E-state index in [2.05, 4.69) is 11.9 Å². The molecule has 1 heterocycles. The van der Waals surface area contributed by atoms with E-state index in [1.807, 2.05) is 25.8 Å². The predicted octanol–water partition coefficient (Wildman–Crippen LogP) is 0.979. The fraction of sp³-hybridized carbons (Fsp3) is 0.929. The largest absolute Gasteiger partial charge is 0.380 e. The molecule has 112 valence electrons. The summed E-state index contributed by atoms with van der Waals surface area (Å²) in [7, 11) is 5.70. The van der Waals surface area contributed by atoms with Crippen molar-refractivity contribution in [3.63, 3.8) is 0 Å². The number of rotatable bonds is 7. The van der Waals surface area contributed by atoms with E-state index in [4.69, 9.17) is 9.47 Å². The minimum absolute atomic E-state index is 0.148. The first kappa shape index (κ1) is 16.4. The SMILES string of the molecule is CO[C@H]1C[C@@H](CN(C)C(=O)CCOC(C)C)N(C)C1. The fourth-order valence-electron chi connectivity index (χ4n) is 2.40. The Balaban J connectivity index is 2.29. The van der Waals surface area contributed by atoms with E-state index in [9.17, 15) is 4.79 Å². The van der Waals surface area contributed by atoms with Gasteiger partial charge in [-0.2, -0.15) is 0 Å². The molecule has 0 aromatic heterocycles. The van der Waals surface area contributed by atoms with Crippen molar-refractivity contribution in [1.82, 2.24) is 9.80 Å². The maximum absolute atomic E-state index is 12.0. The van der Waals surface area contributed by atoms with Crippen LogP contribution in [0.5, 0.6) is 0 Å². The van der Waals surface area contributed by atoms with Crippen molar-refractivity contribution in [2.75, 3.05) is 40.9 Å². The van der Waals surface area contributed by atoms with E-state index in [1.165, 1.54) is 0 Å². The molecule has 0 radical (unpaired) electrons. The number of carbonyl (C=O) groups excluding carboxylic acids is 1. The first-order valence-electron chi connectivity index (χ1n) is 7.02. The standard InChI is InChI=1S/C14H28N2O3/c1-11(2)19-7-6-14(17)16(4)9-12-8-13(18-5)10-15(12)3/h11-13H,6-10H2,1-5H3/t12-,13-/m0/s1. The number of amides is 1. The molecule has 1 rings (SSSR count). The Hall–Kier alpha value is -0.650. The van der Waals surface area contributed by atoms with E-state index < -0.39 is 0 Å². The number of ether oxygens (including phenoxy) is 2. The van der Waals surface area contributed by atoms with Gasteiger partial charge in [-0.3, -0.25) is 9.69 Å². The van der Waals surface area contributed by atoms with Crippen LogP contribution in [0.4, 0.5) is 0 Å². The summed E-state index contributed by atoms with van der Waals surface area (Å²) in [6, 6.07) is 0.393. The molecule has 0 aromatic carbocycles. The average Bonchev–Trinajstić information content (AvgIpc) is 2.69. The van der Waals surface area contributed by atoms with Crippen molar-refractivity contribution >= 4 is 5.91 Å². The lowest BCUT2D eigenvalue weighted by molar-refractivity contribution is -0.131. The van der Waals surface area contributed by atoms with Crippen molar-refractivity contribution in [2.45, 2.75) is 44.9 Å². The van der Waals surface area contributed by atoms with Crippen LogP contribution in [0.3, 0.4) is 0 Å². The van der Waals surface area contributed by atoms with Crippen molar-refractivity contribution in [3.8, 4) is 0 Å². The van der Waals surface area contributed by atoms with Gasteiger partial charge in [0.05, 0.1) is 25.2 Å². The lowest BCUT2D eigenvalue weighted by Gasteiger charge is -2.25. The summed E-state index contributed by atoms with van der Waals surface area (Å²) in [5.74, 6) is 0.148. The van der Waals surface area contributed by atoms with E-state index in [-0.39, 0.29) is 12.0 Å². The van der Waals surface area contributed by atoms with Gasteiger partial charge in [-0.25, -0.2) is 0 Å². The molecule has 5 nitrogen and oxygen atoms in total. The monoisotopic (exact) mass is 272 g/mol. The second-order valence-electron chi connectivity index (χ2n) is 5.63. The molecule has 1 amide bonds. The van der Waals surface area contributed by atoms with Crippen LogP contribution in [-0.4, -0.2) is 74.9 Å². The first-order chi connectivity index (χ1) is 8.93.